The lowest BCUT2D eigenvalue weighted by atomic mass is 10.3. The molecule has 0 radical (unpaired) electrons. The van der Waals surface area contributed by atoms with E-state index in [1.165, 1.54) is 6.92 Å². The van der Waals surface area contributed by atoms with Gasteiger partial charge < -0.3 is 19.7 Å². The zero-order valence-corrected chi connectivity index (χ0v) is 12.7. The monoisotopic (exact) mass is 313 g/mol. The summed E-state index contributed by atoms with van der Waals surface area (Å²) in [7, 11) is -3.80. The number of carbonyl (C=O) groups is 2. The predicted octanol–water partition coefficient (Wildman–Crippen LogP) is 1.99. The van der Waals surface area contributed by atoms with Crippen LogP contribution in [0.15, 0.2) is 0 Å². The minimum atomic E-state index is -3.80. The molecular formula is C11H21FNO6P. The highest BCUT2D eigenvalue weighted by Crippen LogP contribution is 2.43. The van der Waals surface area contributed by atoms with Gasteiger partial charge in [0.1, 0.15) is 0 Å². The summed E-state index contributed by atoms with van der Waals surface area (Å²) in [6, 6.07) is 0. The number of halogens is 1. The highest BCUT2D eigenvalue weighted by molar-refractivity contribution is 7.57. The summed E-state index contributed by atoms with van der Waals surface area (Å²) in [6.07, 6.45) is -1.40. The molecule has 0 heterocycles. The van der Waals surface area contributed by atoms with Crippen molar-refractivity contribution in [2.24, 2.45) is 0 Å². The third kappa shape index (κ3) is 8.87. The normalized spacial score (nSPS) is 16.6. The van der Waals surface area contributed by atoms with Gasteiger partial charge in [0.05, 0.1) is 0 Å². The van der Waals surface area contributed by atoms with Crippen LogP contribution in [0.2, 0.25) is 0 Å². The smallest absolute Gasteiger partial charge is 0.410 e. The summed E-state index contributed by atoms with van der Waals surface area (Å²) >= 11 is 0. The number of carbonyl (C=O) groups excluding carboxylic acids is 2. The van der Waals surface area contributed by atoms with Crippen LogP contribution in [0.3, 0.4) is 0 Å². The molecule has 0 aliphatic heterocycles. The molecule has 0 aromatic carbocycles. The van der Waals surface area contributed by atoms with Crippen molar-refractivity contribution >= 4 is 19.4 Å². The number of amides is 1. The van der Waals surface area contributed by atoms with Gasteiger partial charge in [-0.05, 0) is 6.42 Å². The molecule has 0 aliphatic carbocycles. The number of hydrogen-bond acceptors (Lipinski definition) is 5. The van der Waals surface area contributed by atoms with E-state index in [1.807, 2.05) is 0 Å². The van der Waals surface area contributed by atoms with Crippen LogP contribution in [0.5, 0.6) is 0 Å². The van der Waals surface area contributed by atoms with Gasteiger partial charge in [-0.2, -0.15) is 0 Å². The summed E-state index contributed by atoms with van der Waals surface area (Å²) in [4.78, 5) is 31.3. The first kappa shape index (κ1) is 18.9. The highest BCUT2D eigenvalue weighted by Gasteiger charge is 2.24. The molecule has 7 nitrogen and oxygen atoms in total. The zero-order chi connectivity index (χ0) is 15.8. The van der Waals surface area contributed by atoms with Crippen LogP contribution in [-0.2, 0) is 18.8 Å². The molecule has 0 spiro atoms. The van der Waals surface area contributed by atoms with Crippen LogP contribution in [0.25, 0.3) is 0 Å². The lowest BCUT2D eigenvalue weighted by molar-refractivity contribution is -0.164. The van der Waals surface area contributed by atoms with E-state index in [4.69, 9.17) is 9.63 Å². The van der Waals surface area contributed by atoms with E-state index in [9.17, 15) is 18.5 Å². The van der Waals surface area contributed by atoms with Crippen molar-refractivity contribution in [1.29, 1.82) is 0 Å². The molecule has 3 unspecified atom stereocenters. The first-order valence-electron chi connectivity index (χ1n) is 6.24. The molecule has 1 amide bonds. The van der Waals surface area contributed by atoms with Crippen molar-refractivity contribution in [2.45, 2.75) is 45.3 Å². The van der Waals surface area contributed by atoms with Crippen LogP contribution in [0.1, 0.15) is 33.1 Å². The second kappa shape index (κ2) is 8.92. The van der Waals surface area contributed by atoms with E-state index in [0.717, 1.165) is 6.66 Å². The Kier molecular flexibility index (Phi) is 8.41. The first-order chi connectivity index (χ1) is 9.16. The first-order valence-corrected chi connectivity index (χ1v) is 8.42. The van der Waals surface area contributed by atoms with Crippen LogP contribution in [-0.4, -0.2) is 42.4 Å². The predicted molar refractivity (Wildman–Crippen MR) is 70.2 cm³/mol. The molecule has 0 rings (SSSR count). The van der Waals surface area contributed by atoms with Gasteiger partial charge in [-0.3, -0.25) is 9.36 Å². The highest BCUT2D eigenvalue weighted by atomic mass is 31.2. The molecule has 0 aromatic heterocycles. The van der Waals surface area contributed by atoms with E-state index in [0.29, 0.717) is 6.42 Å². The minimum Gasteiger partial charge on any atom is -0.425 e. The molecule has 3 atom stereocenters. The summed E-state index contributed by atoms with van der Waals surface area (Å²) < 4.78 is 33.5. The zero-order valence-electron chi connectivity index (χ0n) is 11.8. The van der Waals surface area contributed by atoms with Gasteiger partial charge in [0, 0.05) is 33.0 Å². The summed E-state index contributed by atoms with van der Waals surface area (Å²) in [6.45, 7) is 3.93. The number of ether oxygens (including phenoxy) is 2. The van der Waals surface area contributed by atoms with E-state index in [1.54, 1.807) is 6.92 Å². The standard InChI is InChI=1S/C11H21FNO6P/c1-4-5-10(14)18-8(2)19-11(15)13-7-6-9(12)20(3,16)17/h8-9H,4-7H2,1-3H3,(H,13,15)(H,16,17). The molecule has 9 heteroatoms. The van der Waals surface area contributed by atoms with Crippen molar-refractivity contribution in [1.82, 2.24) is 5.32 Å². The van der Waals surface area contributed by atoms with Gasteiger partial charge in [-0.25, -0.2) is 9.18 Å². The quantitative estimate of drug-likeness (QED) is 0.403. The van der Waals surface area contributed by atoms with E-state index < -0.39 is 31.6 Å². The fourth-order valence-corrected chi connectivity index (χ4v) is 1.81. The largest absolute Gasteiger partial charge is 0.425 e. The number of esters is 1. The Hall–Kier alpha value is -1.14. The molecule has 0 saturated carbocycles. The molecule has 0 aromatic rings. The van der Waals surface area contributed by atoms with Gasteiger partial charge >= 0.3 is 12.1 Å². The van der Waals surface area contributed by atoms with Crippen LogP contribution >= 0.6 is 7.37 Å². The maximum atomic E-state index is 13.1. The number of alkyl carbamates (subject to hydrolysis) is 1. The van der Waals surface area contributed by atoms with Crippen LogP contribution < -0.4 is 5.32 Å². The van der Waals surface area contributed by atoms with E-state index >= 15 is 0 Å². The third-order valence-corrected chi connectivity index (χ3v) is 3.49. The molecule has 0 bridgehead atoms. The van der Waals surface area contributed by atoms with Gasteiger partial charge in [0.2, 0.25) is 13.7 Å². The molecule has 0 fully saturated rings. The summed E-state index contributed by atoms with van der Waals surface area (Å²) in [5.74, 6) is -2.38. The van der Waals surface area contributed by atoms with Gasteiger partial charge in [0.15, 0.2) is 5.91 Å². The van der Waals surface area contributed by atoms with E-state index in [-0.39, 0.29) is 19.4 Å². The van der Waals surface area contributed by atoms with Crippen molar-refractivity contribution in [2.75, 3.05) is 13.2 Å². The second-order valence-electron chi connectivity index (χ2n) is 4.31. The molecule has 2 N–H and O–H groups in total. The number of alkyl halides is 1. The van der Waals surface area contributed by atoms with Gasteiger partial charge in [-0.15, -0.1) is 0 Å². The average molecular weight is 313 g/mol. The van der Waals surface area contributed by atoms with Crippen molar-refractivity contribution < 1.29 is 32.9 Å². The number of nitrogens with one attached hydrogen (secondary N) is 1. The Bertz CT molecular complexity index is 372. The van der Waals surface area contributed by atoms with Gasteiger partial charge in [0.25, 0.3) is 0 Å². The average Bonchev–Trinajstić information content (AvgIpc) is 2.27. The Labute approximate surface area is 117 Å². The lowest BCUT2D eigenvalue weighted by Gasteiger charge is -2.15. The SMILES string of the molecule is CCCC(=O)OC(C)OC(=O)NCCC(F)P(C)(=O)O. The number of rotatable bonds is 8. The second-order valence-corrected chi connectivity index (χ2v) is 6.75. The summed E-state index contributed by atoms with van der Waals surface area (Å²) in [5.41, 5.74) is 0. The Balaban J connectivity index is 3.89. The van der Waals surface area contributed by atoms with Gasteiger partial charge in [-0.1, -0.05) is 6.92 Å². The number of hydrogen-bond donors (Lipinski definition) is 2. The van der Waals surface area contributed by atoms with Crippen LogP contribution in [0.4, 0.5) is 9.18 Å². The fourth-order valence-electron chi connectivity index (χ4n) is 1.20. The molecule has 118 valence electrons. The molecule has 20 heavy (non-hydrogen) atoms. The Morgan fingerprint density at radius 1 is 1.40 bits per heavy atom. The Morgan fingerprint density at radius 3 is 2.50 bits per heavy atom. The van der Waals surface area contributed by atoms with Crippen LogP contribution in [0, 0.1) is 0 Å². The fraction of sp³-hybridized carbons (Fsp3) is 0.818. The molecule has 0 saturated heterocycles. The van der Waals surface area contributed by atoms with Crippen molar-refractivity contribution in [3.8, 4) is 0 Å². The maximum Gasteiger partial charge on any atom is 0.410 e. The van der Waals surface area contributed by atoms with Crippen molar-refractivity contribution in [3.05, 3.63) is 0 Å². The van der Waals surface area contributed by atoms with Crippen molar-refractivity contribution in [3.63, 3.8) is 0 Å². The topological polar surface area (TPSA) is 102 Å². The molecule has 0 aliphatic rings. The molecular weight excluding hydrogens is 292 g/mol. The third-order valence-electron chi connectivity index (χ3n) is 2.20. The minimum absolute atomic E-state index is 0.159. The maximum absolute atomic E-state index is 13.1. The summed E-state index contributed by atoms with van der Waals surface area (Å²) in [5, 5.41) is 2.20. The lowest BCUT2D eigenvalue weighted by Crippen LogP contribution is -2.31. The Morgan fingerprint density at radius 2 is 2.00 bits per heavy atom. The van der Waals surface area contributed by atoms with E-state index in [2.05, 4.69) is 10.1 Å².